The second-order valence-corrected chi connectivity index (χ2v) is 12.3. The highest BCUT2D eigenvalue weighted by Crippen LogP contribution is 2.40. The summed E-state index contributed by atoms with van der Waals surface area (Å²) in [5.41, 5.74) is 7.57. The molecule has 1 N–H and O–H groups in total. The summed E-state index contributed by atoms with van der Waals surface area (Å²) in [5, 5.41) is 24.7. The summed E-state index contributed by atoms with van der Waals surface area (Å²) in [5.74, 6) is 0.629. The highest BCUT2D eigenvalue weighted by molar-refractivity contribution is 5.97. The molecule has 0 aliphatic heterocycles. The summed E-state index contributed by atoms with van der Waals surface area (Å²) < 4.78 is 19.7. The van der Waals surface area contributed by atoms with Gasteiger partial charge in [-0.1, -0.05) is 24.3 Å². The minimum Gasteiger partial charge on any atom is -0.496 e. The van der Waals surface area contributed by atoms with E-state index in [1.54, 1.807) is 20.3 Å². The lowest BCUT2D eigenvalue weighted by molar-refractivity contribution is -0.146. The average molecular weight is 656 g/mol. The Morgan fingerprint density at radius 1 is 1.08 bits per heavy atom. The second-order valence-electron chi connectivity index (χ2n) is 12.3. The van der Waals surface area contributed by atoms with Gasteiger partial charge >= 0.3 is 5.97 Å². The number of hydrogen-bond donors (Lipinski definition) is 1. The number of aromatic nitrogens is 3. The molecule has 0 bridgehead atoms. The summed E-state index contributed by atoms with van der Waals surface area (Å²) in [6.07, 6.45) is 3.78. The highest BCUT2D eigenvalue weighted by Gasteiger charge is 2.37. The number of ether oxygens (including phenoxy) is 2. The maximum absolute atomic E-state index is 11.4. The molecule has 0 atom stereocenters. The highest BCUT2D eigenvalue weighted by atomic mass is 16.5. The quantitative estimate of drug-likeness (QED) is 0.156. The maximum Gasteiger partial charge on any atom is 0.306 e. The Hall–Kier alpha value is -5.99. The fourth-order valence-electron chi connectivity index (χ4n) is 6.75. The minimum atomic E-state index is -0.741. The molecule has 1 saturated carbocycles. The van der Waals surface area contributed by atoms with E-state index in [0.717, 1.165) is 44.4 Å². The minimum absolute atomic E-state index is 0.179. The van der Waals surface area contributed by atoms with Crippen LogP contribution in [0.4, 0.5) is 0 Å². The normalized spacial score (nSPS) is 15.7. The average Bonchev–Trinajstić information content (AvgIpc) is 3.72. The third kappa shape index (κ3) is 5.46. The van der Waals surface area contributed by atoms with Crippen LogP contribution in [0, 0.1) is 24.2 Å². The third-order valence-electron chi connectivity index (χ3n) is 9.57. The van der Waals surface area contributed by atoms with Crippen molar-refractivity contribution < 1.29 is 28.6 Å². The molecule has 11 nitrogen and oxygen atoms in total. The van der Waals surface area contributed by atoms with Gasteiger partial charge in [-0.15, -0.1) is 0 Å². The standard InChI is InChI=1S/C38H33N5O6/c1-21-27(7-5-8-28(21)37-41-32-12-22(20-44)11-24(17-39)36(32)49-37)29-9-6-10-33-30(29)18-40-43(33)26-15-34(47-3)31(35(16-26)48-4)19-42(2)25-13-23(14-25)38(45)46/h5-12,15-16,18,20,23,25H,13-14,19H2,1-4H3,(H,45,46). The topological polar surface area (TPSA) is 144 Å². The molecule has 1 fully saturated rings. The Labute approximate surface area is 281 Å². The van der Waals surface area contributed by atoms with E-state index in [1.807, 2.05) is 73.4 Å². The second kappa shape index (κ2) is 12.6. The van der Waals surface area contributed by atoms with Crippen LogP contribution in [-0.2, 0) is 11.3 Å². The molecule has 7 rings (SSSR count). The molecule has 0 unspecified atom stereocenters. The van der Waals surface area contributed by atoms with Crippen LogP contribution in [0.2, 0.25) is 0 Å². The summed E-state index contributed by atoms with van der Waals surface area (Å²) >= 11 is 0. The number of rotatable bonds is 10. The van der Waals surface area contributed by atoms with E-state index in [1.165, 1.54) is 6.07 Å². The first-order valence-corrected chi connectivity index (χ1v) is 15.8. The Balaban J connectivity index is 1.25. The lowest BCUT2D eigenvalue weighted by atomic mass is 9.79. The fourth-order valence-corrected chi connectivity index (χ4v) is 6.75. The van der Waals surface area contributed by atoms with E-state index in [0.29, 0.717) is 59.7 Å². The van der Waals surface area contributed by atoms with Gasteiger partial charge in [0.1, 0.15) is 29.4 Å². The smallest absolute Gasteiger partial charge is 0.306 e. The number of methoxy groups -OCH3 is 2. The summed E-state index contributed by atoms with van der Waals surface area (Å²) in [4.78, 5) is 29.5. The summed E-state index contributed by atoms with van der Waals surface area (Å²) in [6, 6.07) is 21.2. The van der Waals surface area contributed by atoms with Crippen LogP contribution in [-0.4, -0.2) is 64.3 Å². The maximum atomic E-state index is 11.4. The zero-order chi connectivity index (χ0) is 34.4. The lowest BCUT2D eigenvalue weighted by Gasteiger charge is -2.39. The Kier molecular flexibility index (Phi) is 8.10. The third-order valence-corrected chi connectivity index (χ3v) is 9.57. The van der Waals surface area contributed by atoms with E-state index in [4.69, 9.17) is 19.0 Å². The van der Waals surface area contributed by atoms with Crippen LogP contribution in [0.3, 0.4) is 0 Å². The number of benzene rings is 4. The number of carboxylic acid groups (broad SMARTS) is 1. The van der Waals surface area contributed by atoms with Crippen molar-refractivity contribution >= 4 is 34.3 Å². The van der Waals surface area contributed by atoms with Gasteiger partial charge in [0.2, 0.25) is 5.89 Å². The van der Waals surface area contributed by atoms with E-state index >= 15 is 0 Å². The number of carbonyl (C=O) groups is 2. The zero-order valence-electron chi connectivity index (χ0n) is 27.4. The molecule has 1 aliphatic carbocycles. The first-order valence-electron chi connectivity index (χ1n) is 15.8. The molecule has 0 radical (unpaired) electrons. The van der Waals surface area contributed by atoms with Gasteiger partial charge in [0.05, 0.1) is 48.7 Å². The molecular weight excluding hydrogens is 622 g/mol. The largest absolute Gasteiger partial charge is 0.496 e. The predicted octanol–water partition coefficient (Wildman–Crippen LogP) is 6.81. The van der Waals surface area contributed by atoms with Crippen molar-refractivity contribution in [1.82, 2.24) is 19.7 Å². The van der Waals surface area contributed by atoms with Crippen molar-refractivity contribution in [1.29, 1.82) is 5.26 Å². The monoisotopic (exact) mass is 655 g/mol. The zero-order valence-corrected chi connectivity index (χ0v) is 27.4. The predicted molar refractivity (Wildman–Crippen MR) is 183 cm³/mol. The molecule has 4 aromatic carbocycles. The number of aldehydes is 1. The molecule has 49 heavy (non-hydrogen) atoms. The van der Waals surface area contributed by atoms with Crippen LogP contribution in [0.5, 0.6) is 11.5 Å². The number of nitriles is 1. The number of nitrogens with zero attached hydrogens (tertiary/aromatic N) is 5. The number of aliphatic carboxylic acids is 1. The van der Waals surface area contributed by atoms with Gasteiger partial charge in [-0.05, 0) is 67.8 Å². The van der Waals surface area contributed by atoms with Crippen LogP contribution in [0.25, 0.3) is 50.3 Å². The van der Waals surface area contributed by atoms with Crippen molar-refractivity contribution in [2.75, 3.05) is 21.3 Å². The molecule has 0 spiro atoms. The van der Waals surface area contributed by atoms with Gasteiger partial charge < -0.3 is 19.0 Å². The van der Waals surface area contributed by atoms with Gasteiger partial charge in [-0.3, -0.25) is 14.5 Å². The van der Waals surface area contributed by atoms with Crippen molar-refractivity contribution in [2.45, 2.75) is 32.4 Å². The van der Waals surface area contributed by atoms with Gasteiger partial charge in [0.25, 0.3) is 0 Å². The molecule has 11 heteroatoms. The van der Waals surface area contributed by atoms with Crippen molar-refractivity contribution in [3.63, 3.8) is 0 Å². The number of carboxylic acids is 1. The first-order chi connectivity index (χ1) is 23.7. The molecule has 0 saturated heterocycles. The Morgan fingerprint density at radius 3 is 2.45 bits per heavy atom. The molecule has 6 aromatic rings. The van der Waals surface area contributed by atoms with E-state index in [2.05, 4.69) is 16.0 Å². The Bertz CT molecular complexity index is 2280. The van der Waals surface area contributed by atoms with Crippen molar-refractivity contribution in [2.24, 2.45) is 5.92 Å². The Morgan fingerprint density at radius 2 is 1.78 bits per heavy atom. The van der Waals surface area contributed by atoms with Gasteiger partial charge in [0, 0.05) is 41.2 Å². The van der Waals surface area contributed by atoms with E-state index in [-0.39, 0.29) is 17.5 Å². The number of carbonyl (C=O) groups excluding carboxylic acids is 1. The van der Waals surface area contributed by atoms with Crippen LogP contribution in [0.15, 0.2) is 71.3 Å². The van der Waals surface area contributed by atoms with Gasteiger partial charge in [0.15, 0.2) is 5.58 Å². The van der Waals surface area contributed by atoms with E-state index in [9.17, 15) is 20.0 Å². The lowest BCUT2D eigenvalue weighted by Crippen LogP contribution is -2.44. The number of hydrogen-bond acceptors (Lipinski definition) is 9. The van der Waals surface area contributed by atoms with Crippen LogP contribution in [0.1, 0.15) is 39.9 Å². The van der Waals surface area contributed by atoms with Crippen molar-refractivity contribution in [3.05, 3.63) is 89.1 Å². The number of fused-ring (bicyclic) bond motifs is 2. The summed E-state index contributed by atoms with van der Waals surface area (Å²) in [6.45, 7) is 2.54. The molecule has 0 amide bonds. The molecular formula is C38H33N5O6. The molecule has 2 aromatic heterocycles. The van der Waals surface area contributed by atoms with E-state index < -0.39 is 5.97 Å². The SMILES string of the molecule is COc1cc(-n2ncc3c(-c4cccc(-c5nc6cc(C=O)cc(C#N)c6o5)c4C)cccc32)cc(OC)c1CN(C)C1CC(C(=O)O)C1. The first kappa shape index (κ1) is 31.6. The van der Waals surface area contributed by atoms with Crippen molar-refractivity contribution in [3.8, 4) is 45.8 Å². The fraction of sp³-hybridized carbons (Fsp3) is 0.237. The molecule has 246 valence electrons. The van der Waals surface area contributed by atoms with Crippen LogP contribution < -0.4 is 9.47 Å². The number of oxazole rings is 1. The van der Waals surface area contributed by atoms with Crippen LogP contribution >= 0.6 is 0 Å². The molecule has 1 aliphatic rings. The summed E-state index contributed by atoms with van der Waals surface area (Å²) in [7, 11) is 5.24. The van der Waals surface area contributed by atoms with Gasteiger partial charge in [-0.25, -0.2) is 9.67 Å². The van der Waals surface area contributed by atoms with Gasteiger partial charge in [-0.2, -0.15) is 10.4 Å². The molecule has 2 heterocycles.